The Morgan fingerprint density at radius 1 is 0.667 bits per heavy atom. The average molecular weight is 316 g/mol. The van der Waals surface area contributed by atoms with Gasteiger partial charge in [0.05, 0.1) is 22.5 Å². The topological polar surface area (TPSA) is 23.6 Å². The third kappa shape index (κ3) is 2.16. The van der Waals surface area contributed by atoms with Crippen LogP contribution in [0.1, 0.15) is 11.1 Å². The molecule has 0 N–H and O–H groups in total. The molecule has 120 valence electrons. The largest absolute Gasteiger partial charge is 0.371 e. The zero-order chi connectivity index (χ0) is 16.7. The van der Waals surface area contributed by atoms with E-state index < -0.39 is 0 Å². The van der Waals surface area contributed by atoms with E-state index in [9.17, 15) is 4.79 Å². The summed E-state index contributed by atoms with van der Waals surface area (Å²) in [5, 5.41) is 0. The fourth-order valence-electron chi connectivity index (χ4n) is 3.59. The fraction of sp³-hybridized carbons (Fsp3) is 0.190. The average Bonchev–Trinajstić information content (AvgIpc) is 2.94. The van der Waals surface area contributed by atoms with Crippen LogP contribution in [0.2, 0.25) is 0 Å². The van der Waals surface area contributed by atoms with E-state index in [2.05, 4.69) is 23.9 Å². The lowest BCUT2D eigenvalue weighted by Gasteiger charge is -2.36. The van der Waals surface area contributed by atoms with E-state index in [-0.39, 0.29) is 5.78 Å². The van der Waals surface area contributed by atoms with Crippen LogP contribution in [0.15, 0.2) is 72.1 Å². The molecule has 2 aromatic carbocycles. The molecule has 1 saturated heterocycles. The number of carbonyl (C=O) groups excluding carboxylic acids is 1. The summed E-state index contributed by atoms with van der Waals surface area (Å²) < 4.78 is 0. The van der Waals surface area contributed by atoms with Crippen LogP contribution in [-0.2, 0) is 4.79 Å². The van der Waals surface area contributed by atoms with Gasteiger partial charge in [-0.1, -0.05) is 60.7 Å². The molecule has 0 saturated carbocycles. The Hall–Kier alpha value is -2.81. The van der Waals surface area contributed by atoms with E-state index in [0.29, 0.717) is 0 Å². The summed E-state index contributed by atoms with van der Waals surface area (Å²) in [7, 11) is 4.15. The van der Waals surface area contributed by atoms with Gasteiger partial charge in [-0.05, 0) is 11.1 Å². The summed E-state index contributed by atoms with van der Waals surface area (Å²) in [5.74, 6) is 0.123. The molecule has 1 aliphatic heterocycles. The minimum absolute atomic E-state index is 0.123. The van der Waals surface area contributed by atoms with Crippen LogP contribution in [-0.4, -0.2) is 42.8 Å². The molecule has 1 heterocycles. The van der Waals surface area contributed by atoms with Crippen molar-refractivity contribution < 1.29 is 4.79 Å². The Balaban J connectivity index is 1.96. The first kappa shape index (κ1) is 14.8. The standard InChI is InChI=1S/C21H20N2O/c1-22-13-14-23(2)20-18(16-11-7-4-8-12-16)21(24)17(19(20)22)15-9-5-3-6-10-15/h3-12H,13-14H2,1-2H3. The summed E-state index contributed by atoms with van der Waals surface area (Å²) in [4.78, 5) is 17.8. The maximum atomic E-state index is 13.4. The van der Waals surface area contributed by atoms with Gasteiger partial charge in [-0.3, -0.25) is 4.79 Å². The van der Waals surface area contributed by atoms with E-state index in [1.165, 1.54) is 0 Å². The summed E-state index contributed by atoms with van der Waals surface area (Å²) in [6.07, 6.45) is 0. The smallest absolute Gasteiger partial charge is 0.198 e. The van der Waals surface area contributed by atoms with Crippen molar-refractivity contribution in [1.82, 2.24) is 9.80 Å². The molecule has 3 nitrogen and oxygen atoms in total. The summed E-state index contributed by atoms with van der Waals surface area (Å²) in [5.41, 5.74) is 5.72. The second kappa shape index (κ2) is 5.68. The summed E-state index contributed by atoms with van der Waals surface area (Å²) in [6, 6.07) is 20.0. The predicted octanol–water partition coefficient (Wildman–Crippen LogP) is 3.27. The van der Waals surface area contributed by atoms with Gasteiger partial charge in [0.25, 0.3) is 0 Å². The van der Waals surface area contributed by atoms with E-state index in [1.807, 2.05) is 60.7 Å². The molecule has 1 aliphatic carbocycles. The lowest BCUT2D eigenvalue weighted by molar-refractivity contribution is -0.108. The summed E-state index contributed by atoms with van der Waals surface area (Å²) >= 11 is 0. The molecule has 0 bridgehead atoms. The van der Waals surface area contributed by atoms with Crippen molar-refractivity contribution >= 4 is 16.9 Å². The molecule has 0 amide bonds. The Labute approximate surface area is 142 Å². The molecule has 0 radical (unpaired) electrons. The SMILES string of the molecule is CN1CCN(C)C2=C(c3ccccc3)C(=O)C(c3ccccc3)=C21. The second-order valence-electron chi connectivity index (χ2n) is 6.35. The number of nitrogens with zero attached hydrogens (tertiary/aromatic N) is 2. The van der Waals surface area contributed by atoms with Crippen LogP contribution in [0, 0.1) is 0 Å². The lowest BCUT2D eigenvalue weighted by Crippen LogP contribution is -2.39. The van der Waals surface area contributed by atoms with Gasteiger partial charge < -0.3 is 9.80 Å². The first-order valence-electron chi connectivity index (χ1n) is 8.25. The van der Waals surface area contributed by atoms with E-state index >= 15 is 0 Å². The first-order valence-corrected chi connectivity index (χ1v) is 8.25. The van der Waals surface area contributed by atoms with Crippen LogP contribution in [0.25, 0.3) is 11.1 Å². The zero-order valence-electron chi connectivity index (χ0n) is 14.0. The van der Waals surface area contributed by atoms with Gasteiger partial charge in [0.15, 0.2) is 5.78 Å². The second-order valence-corrected chi connectivity index (χ2v) is 6.35. The number of hydrogen-bond donors (Lipinski definition) is 0. The highest BCUT2D eigenvalue weighted by atomic mass is 16.1. The number of rotatable bonds is 2. The molecule has 3 heteroatoms. The molecule has 0 aromatic heterocycles. The fourth-order valence-corrected chi connectivity index (χ4v) is 3.59. The van der Waals surface area contributed by atoms with Gasteiger partial charge in [-0.25, -0.2) is 0 Å². The van der Waals surface area contributed by atoms with Gasteiger partial charge in [0.2, 0.25) is 0 Å². The Morgan fingerprint density at radius 3 is 1.42 bits per heavy atom. The van der Waals surface area contributed by atoms with Crippen molar-refractivity contribution in [3.05, 3.63) is 83.2 Å². The maximum absolute atomic E-state index is 13.4. The van der Waals surface area contributed by atoms with E-state index in [1.54, 1.807) is 0 Å². The van der Waals surface area contributed by atoms with Crippen molar-refractivity contribution in [2.75, 3.05) is 27.2 Å². The minimum Gasteiger partial charge on any atom is -0.371 e. The number of Topliss-reactive ketones (excluding diaryl/α,β-unsaturated/α-hetero) is 1. The number of hydrogen-bond acceptors (Lipinski definition) is 3. The Bertz CT molecular complexity index is 778. The van der Waals surface area contributed by atoms with Crippen LogP contribution in [0.3, 0.4) is 0 Å². The van der Waals surface area contributed by atoms with Gasteiger partial charge in [-0.2, -0.15) is 0 Å². The van der Waals surface area contributed by atoms with Crippen molar-refractivity contribution in [2.45, 2.75) is 0 Å². The molecule has 0 spiro atoms. The van der Waals surface area contributed by atoms with Crippen molar-refractivity contribution in [3.63, 3.8) is 0 Å². The number of benzene rings is 2. The van der Waals surface area contributed by atoms with Crippen molar-refractivity contribution in [1.29, 1.82) is 0 Å². The molecule has 24 heavy (non-hydrogen) atoms. The lowest BCUT2D eigenvalue weighted by atomic mass is 9.97. The Kier molecular flexibility index (Phi) is 3.49. The number of piperazine rings is 1. The number of carbonyl (C=O) groups is 1. The number of fused-ring (bicyclic) bond motifs is 1. The number of ketones is 1. The predicted molar refractivity (Wildman–Crippen MR) is 97.0 cm³/mol. The van der Waals surface area contributed by atoms with Gasteiger partial charge in [0.1, 0.15) is 0 Å². The van der Waals surface area contributed by atoms with Crippen LogP contribution in [0.4, 0.5) is 0 Å². The maximum Gasteiger partial charge on any atom is 0.198 e. The van der Waals surface area contributed by atoms with Crippen molar-refractivity contribution in [2.24, 2.45) is 0 Å². The molecule has 0 atom stereocenters. The highest BCUT2D eigenvalue weighted by Gasteiger charge is 2.39. The molecule has 2 aromatic rings. The van der Waals surface area contributed by atoms with Gasteiger partial charge in [0, 0.05) is 27.2 Å². The minimum atomic E-state index is 0.123. The van der Waals surface area contributed by atoms with E-state index in [4.69, 9.17) is 0 Å². The van der Waals surface area contributed by atoms with Crippen LogP contribution >= 0.6 is 0 Å². The monoisotopic (exact) mass is 316 g/mol. The van der Waals surface area contributed by atoms with Crippen LogP contribution in [0.5, 0.6) is 0 Å². The quantitative estimate of drug-likeness (QED) is 0.849. The molecule has 2 aliphatic rings. The summed E-state index contributed by atoms with van der Waals surface area (Å²) in [6.45, 7) is 1.84. The highest BCUT2D eigenvalue weighted by Crippen LogP contribution is 2.43. The molecule has 0 unspecified atom stereocenters. The number of likely N-dealkylation sites (N-methyl/N-ethyl adjacent to an activating group) is 2. The third-order valence-electron chi connectivity index (χ3n) is 4.81. The zero-order valence-corrected chi connectivity index (χ0v) is 14.0. The third-order valence-corrected chi connectivity index (χ3v) is 4.81. The Morgan fingerprint density at radius 2 is 1.04 bits per heavy atom. The molecule has 1 fully saturated rings. The molecular formula is C21H20N2O. The first-order chi connectivity index (χ1) is 11.7. The van der Waals surface area contributed by atoms with Gasteiger partial charge in [-0.15, -0.1) is 0 Å². The molecule has 4 rings (SSSR count). The molecular weight excluding hydrogens is 296 g/mol. The number of allylic oxidation sites excluding steroid dienone is 2. The van der Waals surface area contributed by atoms with Crippen LogP contribution < -0.4 is 0 Å². The van der Waals surface area contributed by atoms with E-state index in [0.717, 1.165) is 46.8 Å². The highest BCUT2D eigenvalue weighted by molar-refractivity contribution is 6.46. The van der Waals surface area contributed by atoms with Crippen molar-refractivity contribution in [3.8, 4) is 0 Å². The van der Waals surface area contributed by atoms with Gasteiger partial charge >= 0.3 is 0 Å². The normalized spacial score (nSPS) is 17.7.